The first-order chi connectivity index (χ1) is 44.1. The minimum Gasteiger partial charge on any atom is -0.391 e. The Morgan fingerprint density at radius 1 is 0.344 bits per heavy atom. The molecule has 0 radical (unpaired) electrons. The molecule has 8 aliphatic heterocycles. The van der Waals surface area contributed by atoms with Crippen LogP contribution in [0.5, 0.6) is 0 Å². The highest BCUT2D eigenvalue weighted by molar-refractivity contribution is 9.19. The van der Waals surface area contributed by atoms with Crippen LogP contribution in [0.3, 0.4) is 0 Å². The van der Waals surface area contributed by atoms with Crippen molar-refractivity contribution in [3.05, 3.63) is 142 Å². The Bertz CT molecular complexity index is 2770. The van der Waals surface area contributed by atoms with E-state index in [0.29, 0.717) is 29.8 Å². The summed E-state index contributed by atoms with van der Waals surface area (Å²) in [5.41, 5.74) is 12.2. The van der Waals surface area contributed by atoms with E-state index in [0.717, 1.165) is 121 Å². The summed E-state index contributed by atoms with van der Waals surface area (Å²) in [5, 5.41) is 20.3. The van der Waals surface area contributed by atoms with Crippen LogP contribution in [-0.4, -0.2) is 110 Å². The van der Waals surface area contributed by atoms with Crippen LogP contribution in [0.1, 0.15) is 205 Å². The van der Waals surface area contributed by atoms with Crippen molar-refractivity contribution in [1.82, 2.24) is 20.0 Å². The van der Waals surface area contributed by atoms with Crippen LogP contribution < -0.4 is 5.32 Å². The summed E-state index contributed by atoms with van der Waals surface area (Å²) in [7, 11) is 0. The summed E-state index contributed by atoms with van der Waals surface area (Å²) in [6.45, 7) is 39.4. The Kier molecular flexibility index (Phi) is 29.1. The number of nitrogens with one attached hydrogen (secondary N) is 1. The predicted octanol–water partition coefficient (Wildman–Crippen LogP) is 19.4. The maximum absolute atomic E-state index is 5.53. The highest BCUT2D eigenvalue weighted by atomic mass is 79.9. The van der Waals surface area contributed by atoms with Crippen LogP contribution in [0.25, 0.3) is 0 Å². The number of oxime groups is 4. The van der Waals surface area contributed by atoms with Crippen molar-refractivity contribution in [1.29, 1.82) is 0 Å². The van der Waals surface area contributed by atoms with Gasteiger partial charge in [-0.3, -0.25) is 14.7 Å². The molecule has 1 N–H and O–H groups in total. The molecule has 4 saturated heterocycles. The standard InChI is InChI=1S/3C19H27BrN2O.C11H15Br.C8H13BrN2O/c3*1-19(2,3)16-6-4-14(5-7-16)13-22-10-8-15(9-11-22)17-12-18(20)21-23-17;1-11(2,3)10-6-4-9(8-12)5-7-10;9-8-5-7(12-11-8)6-1-3-10-4-2-6/h3*4-7,15,17H,8-13H2,1-3H3;4-7H,8H2,1-3H3;6-7,10H,1-5H2/t2*17-;;;/m10.../s1. The molecule has 4 atom stereocenters. The van der Waals surface area contributed by atoms with Crippen molar-refractivity contribution in [2.75, 3.05) is 52.4 Å². The normalized spacial score (nSPS) is 23.1. The summed E-state index contributed by atoms with van der Waals surface area (Å²) < 4.78 is 3.85. The molecule has 4 fully saturated rings. The van der Waals surface area contributed by atoms with Crippen molar-refractivity contribution in [2.45, 2.75) is 231 Å². The van der Waals surface area contributed by atoms with Crippen molar-refractivity contribution < 1.29 is 19.4 Å². The molecule has 2 unspecified atom stereocenters. The van der Waals surface area contributed by atoms with E-state index < -0.39 is 0 Å². The second-order valence-corrected chi connectivity index (χ2v) is 35.3. The van der Waals surface area contributed by atoms with Gasteiger partial charge in [-0.25, -0.2) is 0 Å². The fourth-order valence-electron chi connectivity index (χ4n) is 13.3. The molecular weight excluding hydrogens is 1490 g/mol. The predicted molar refractivity (Wildman–Crippen MR) is 406 cm³/mol. The molecule has 8 aliphatic rings. The van der Waals surface area contributed by atoms with Crippen LogP contribution in [0.4, 0.5) is 0 Å². The molecule has 4 aromatic rings. The fourth-order valence-corrected chi connectivity index (χ4v) is 15.3. The van der Waals surface area contributed by atoms with Crippen molar-refractivity contribution in [2.24, 2.45) is 44.3 Å². The summed E-state index contributed by atoms with van der Waals surface area (Å²) in [6.07, 6.45) is 14.7. The van der Waals surface area contributed by atoms with E-state index in [1.165, 1.54) is 95.9 Å². The molecule has 4 aromatic carbocycles. The Morgan fingerprint density at radius 3 is 0.753 bits per heavy atom. The second-order valence-electron chi connectivity index (χ2n) is 31.1. The fraction of sp³-hybridized carbons (Fsp3) is 0.632. The first-order valence-electron chi connectivity index (χ1n) is 34.5. The molecule has 8 heterocycles. The Hall–Kier alpha value is -3.00. The lowest BCUT2D eigenvalue weighted by Crippen LogP contribution is -2.37. The lowest BCUT2D eigenvalue weighted by atomic mass is 9.86. The molecule has 0 bridgehead atoms. The number of halogens is 5. The third kappa shape index (κ3) is 24.7. The Labute approximate surface area is 602 Å². The average Bonchev–Trinajstić information content (AvgIpc) is 1.95. The average molecular weight is 1600 g/mol. The van der Waals surface area contributed by atoms with Crippen LogP contribution in [0.2, 0.25) is 0 Å². The first-order valence-corrected chi connectivity index (χ1v) is 38.8. The number of benzene rings is 4. The van der Waals surface area contributed by atoms with Gasteiger partial charge in [-0.05, 0) is 234 Å². The van der Waals surface area contributed by atoms with E-state index in [1.54, 1.807) is 0 Å². The lowest BCUT2D eigenvalue weighted by molar-refractivity contribution is 0.0127. The molecule has 0 saturated carbocycles. The number of rotatable bonds is 11. The summed E-state index contributed by atoms with van der Waals surface area (Å²) in [4.78, 5) is 29.6. The van der Waals surface area contributed by atoms with Crippen LogP contribution in [0.15, 0.2) is 118 Å². The minimum atomic E-state index is 0.231. The van der Waals surface area contributed by atoms with E-state index in [9.17, 15) is 0 Å². The largest absolute Gasteiger partial charge is 0.391 e. The highest BCUT2D eigenvalue weighted by Gasteiger charge is 2.35. The second kappa shape index (κ2) is 35.7. The molecular formula is C76H109Br5N8O4. The number of alkyl halides is 1. The maximum atomic E-state index is 5.53. The zero-order valence-corrected chi connectivity index (χ0v) is 65.9. The lowest BCUT2D eigenvalue weighted by Gasteiger charge is -2.33. The third-order valence-corrected chi connectivity index (χ3v) is 22.2. The number of hydrogen-bond acceptors (Lipinski definition) is 12. The molecule has 93 heavy (non-hydrogen) atoms. The van der Waals surface area contributed by atoms with Gasteiger partial charge in [0.1, 0.15) is 42.9 Å². The van der Waals surface area contributed by atoms with Crippen LogP contribution >= 0.6 is 79.6 Å². The third-order valence-electron chi connectivity index (χ3n) is 19.7. The van der Waals surface area contributed by atoms with Gasteiger partial charge in [-0.2, -0.15) is 0 Å². The topological polar surface area (TPSA) is 108 Å². The van der Waals surface area contributed by atoms with Gasteiger partial charge in [0.05, 0.1) is 0 Å². The summed E-state index contributed by atoms with van der Waals surface area (Å²) in [6, 6.07) is 36.2. The molecule has 12 rings (SSSR count). The summed E-state index contributed by atoms with van der Waals surface area (Å²) >= 11 is 17.1. The van der Waals surface area contributed by atoms with Gasteiger partial charge in [0, 0.05) is 74.3 Å². The van der Waals surface area contributed by atoms with Gasteiger partial charge < -0.3 is 24.7 Å². The SMILES string of the molecule is BrC1=NOC(C2CCNCC2)C1.CC(C)(C)c1ccc(CBr)cc1.CC(C)(C)c1ccc(CN2CCC(C3CC(Br)=NO3)CC2)cc1.CC(C)(C)c1ccc(CN2CCC([C@@H]3CC(Br)=NO3)CC2)cc1.CC(C)(C)c1ccc(CN2CCC([C@H]3CC(Br)=NO3)CC2)cc1. The van der Waals surface area contributed by atoms with E-state index >= 15 is 0 Å². The molecule has 0 aromatic heterocycles. The molecule has 0 aliphatic carbocycles. The summed E-state index contributed by atoms with van der Waals surface area (Å²) in [5.74, 6) is 2.64. The van der Waals surface area contributed by atoms with Gasteiger partial charge >= 0.3 is 0 Å². The van der Waals surface area contributed by atoms with E-state index in [1.807, 2.05) is 0 Å². The molecule has 17 heteroatoms. The van der Waals surface area contributed by atoms with E-state index in [2.05, 4.69) is 300 Å². The maximum Gasteiger partial charge on any atom is 0.136 e. The van der Waals surface area contributed by atoms with Crippen molar-refractivity contribution in [3.63, 3.8) is 0 Å². The zero-order chi connectivity index (χ0) is 66.9. The quantitative estimate of drug-likeness (QED) is 0.148. The molecule has 0 spiro atoms. The van der Waals surface area contributed by atoms with Gasteiger partial charge in [0.15, 0.2) is 0 Å². The van der Waals surface area contributed by atoms with Crippen LogP contribution in [-0.2, 0) is 66.0 Å². The van der Waals surface area contributed by atoms with E-state index in [4.69, 9.17) is 19.4 Å². The van der Waals surface area contributed by atoms with Crippen molar-refractivity contribution in [3.8, 4) is 0 Å². The Balaban J connectivity index is 0.000000153. The smallest absolute Gasteiger partial charge is 0.136 e. The highest BCUT2D eigenvalue weighted by Crippen LogP contribution is 2.35. The van der Waals surface area contributed by atoms with Gasteiger partial charge in [0.25, 0.3) is 0 Å². The van der Waals surface area contributed by atoms with Gasteiger partial charge in [-0.1, -0.05) is 217 Å². The van der Waals surface area contributed by atoms with Gasteiger partial charge in [-0.15, -0.1) is 0 Å². The molecule has 512 valence electrons. The van der Waals surface area contributed by atoms with Gasteiger partial charge in [0.2, 0.25) is 0 Å². The Morgan fingerprint density at radius 2 is 0.559 bits per heavy atom. The number of nitrogens with zero attached hydrogens (tertiary/aromatic N) is 7. The monoisotopic (exact) mass is 1590 g/mol. The first kappa shape index (κ1) is 75.8. The number of hydrogen-bond donors (Lipinski definition) is 1. The zero-order valence-electron chi connectivity index (χ0n) is 58.0. The van der Waals surface area contributed by atoms with E-state index in [-0.39, 0.29) is 40.0 Å². The van der Waals surface area contributed by atoms with Crippen LogP contribution in [0, 0.1) is 23.7 Å². The minimum absolute atomic E-state index is 0.231. The molecule has 0 amide bonds. The number of piperidine rings is 4. The number of likely N-dealkylation sites (tertiary alicyclic amines) is 3. The molecule has 12 nitrogen and oxygen atoms in total. The van der Waals surface area contributed by atoms with Crippen molar-refractivity contribution >= 4 is 98.1 Å².